The van der Waals surface area contributed by atoms with Crippen LogP contribution in [0.3, 0.4) is 0 Å². The summed E-state index contributed by atoms with van der Waals surface area (Å²) >= 11 is 0. The number of sulfone groups is 1. The molecule has 12 heteroatoms. The number of amides is 1. The minimum absolute atomic E-state index is 0.00693. The van der Waals surface area contributed by atoms with Crippen LogP contribution in [-0.4, -0.2) is 47.5 Å². The highest BCUT2D eigenvalue weighted by molar-refractivity contribution is 7.90. The van der Waals surface area contributed by atoms with Gasteiger partial charge in [-0.3, -0.25) is 4.79 Å². The van der Waals surface area contributed by atoms with E-state index in [1.165, 1.54) is 15.6 Å². The maximum atomic E-state index is 14.1. The van der Waals surface area contributed by atoms with Gasteiger partial charge in [0, 0.05) is 24.6 Å². The van der Waals surface area contributed by atoms with Crippen LogP contribution in [0, 0.1) is 5.82 Å². The van der Waals surface area contributed by atoms with Crippen molar-refractivity contribution >= 4 is 15.7 Å². The minimum Gasteiger partial charge on any atom is -0.480 e. The van der Waals surface area contributed by atoms with Gasteiger partial charge in [-0.05, 0) is 37.3 Å². The van der Waals surface area contributed by atoms with Gasteiger partial charge in [-0.25, -0.2) is 17.5 Å². The molecule has 1 aliphatic rings. The van der Waals surface area contributed by atoms with Gasteiger partial charge < -0.3 is 9.64 Å². The highest BCUT2D eigenvalue weighted by Crippen LogP contribution is 2.32. The number of hydrogen-bond donors (Lipinski definition) is 0. The van der Waals surface area contributed by atoms with Crippen molar-refractivity contribution in [3.63, 3.8) is 0 Å². The molecule has 0 radical (unpaired) electrons. The van der Waals surface area contributed by atoms with Gasteiger partial charge in [0.2, 0.25) is 0 Å². The third-order valence-corrected chi connectivity index (χ3v) is 6.45. The van der Waals surface area contributed by atoms with Gasteiger partial charge in [0.05, 0.1) is 22.7 Å². The zero-order chi connectivity index (χ0) is 24.8. The molecule has 1 unspecified atom stereocenters. The summed E-state index contributed by atoms with van der Waals surface area (Å²) in [5.74, 6) is -1.58. The molecular weight excluding hydrogens is 478 g/mol. The van der Waals surface area contributed by atoms with Gasteiger partial charge >= 0.3 is 6.18 Å². The zero-order valence-electron chi connectivity index (χ0n) is 18.0. The first kappa shape index (κ1) is 23.7. The van der Waals surface area contributed by atoms with E-state index in [-0.39, 0.29) is 35.0 Å². The SMILES string of the molecule is CC(Oc1ccc(S(C)(=O)=O)cc1C(=O)N1Cc2cn(-c3ccccc3F)nc2C1)C(F)(F)F. The summed E-state index contributed by atoms with van der Waals surface area (Å²) in [5, 5.41) is 4.31. The average molecular weight is 497 g/mol. The topological polar surface area (TPSA) is 81.5 Å². The summed E-state index contributed by atoms with van der Waals surface area (Å²) in [6, 6.07) is 9.16. The minimum atomic E-state index is -4.68. The summed E-state index contributed by atoms with van der Waals surface area (Å²) in [4.78, 5) is 14.3. The van der Waals surface area contributed by atoms with Crippen molar-refractivity contribution in [3.8, 4) is 11.4 Å². The Kier molecular flexibility index (Phi) is 5.88. The van der Waals surface area contributed by atoms with Crippen LogP contribution >= 0.6 is 0 Å². The van der Waals surface area contributed by atoms with Gasteiger partial charge in [0.25, 0.3) is 5.91 Å². The Labute approximate surface area is 192 Å². The van der Waals surface area contributed by atoms with E-state index in [0.29, 0.717) is 11.3 Å². The highest BCUT2D eigenvalue weighted by Gasteiger charge is 2.39. The molecule has 2 heterocycles. The summed E-state index contributed by atoms with van der Waals surface area (Å²) in [5.41, 5.74) is 1.03. The fraction of sp³-hybridized carbons (Fsp3) is 0.273. The number of alkyl halides is 3. The molecule has 0 fully saturated rings. The van der Waals surface area contributed by atoms with Crippen LogP contribution in [0.2, 0.25) is 0 Å². The Hall–Kier alpha value is -3.41. The molecule has 0 N–H and O–H groups in total. The van der Waals surface area contributed by atoms with Crippen LogP contribution in [0.4, 0.5) is 17.6 Å². The molecule has 0 aliphatic carbocycles. The number of halogens is 4. The van der Waals surface area contributed by atoms with E-state index in [9.17, 15) is 30.8 Å². The molecule has 34 heavy (non-hydrogen) atoms. The molecule has 1 aliphatic heterocycles. The van der Waals surface area contributed by atoms with E-state index < -0.39 is 33.8 Å². The number of ether oxygens (including phenoxy) is 1. The van der Waals surface area contributed by atoms with Crippen molar-refractivity contribution in [1.82, 2.24) is 14.7 Å². The molecule has 2 aromatic carbocycles. The van der Waals surface area contributed by atoms with Gasteiger partial charge in [-0.15, -0.1) is 0 Å². The number of fused-ring (bicyclic) bond motifs is 1. The largest absolute Gasteiger partial charge is 0.480 e. The number of rotatable bonds is 5. The Morgan fingerprint density at radius 2 is 1.85 bits per heavy atom. The van der Waals surface area contributed by atoms with Crippen LogP contribution in [-0.2, 0) is 22.9 Å². The first-order chi connectivity index (χ1) is 15.8. The molecule has 0 saturated carbocycles. The Balaban J connectivity index is 1.63. The van der Waals surface area contributed by atoms with Crippen LogP contribution in [0.15, 0.2) is 53.6 Å². The molecule has 1 aromatic heterocycles. The molecule has 0 spiro atoms. The van der Waals surface area contributed by atoms with Crippen molar-refractivity contribution in [2.24, 2.45) is 0 Å². The summed E-state index contributed by atoms with van der Waals surface area (Å²) in [6.07, 6.45) is -4.41. The Morgan fingerprint density at radius 3 is 2.47 bits per heavy atom. The second kappa shape index (κ2) is 8.42. The van der Waals surface area contributed by atoms with E-state index >= 15 is 0 Å². The van der Waals surface area contributed by atoms with Crippen molar-refractivity contribution in [2.45, 2.75) is 37.2 Å². The molecule has 7 nitrogen and oxygen atoms in total. The number of hydrogen-bond acceptors (Lipinski definition) is 5. The lowest BCUT2D eigenvalue weighted by molar-refractivity contribution is -0.189. The molecule has 1 amide bonds. The molecule has 0 bridgehead atoms. The average Bonchev–Trinajstić information content (AvgIpc) is 3.31. The fourth-order valence-corrected chi connectivity index (χ4v) is 4.14. The zero-order valence-corrected chi connectivity index (χ0v) is 18.8. The number of benzene rings is 2. The standard InChI is InChI=1S/C22H19F4N3O4S/c1-13(22(24,25)26)33-20-8-7-15(34(2,31)32)9-16(20)21(30)28-10-14-11-29(27-18(14)12-28)19-6-4-3-5-17(19)23/h3-9,11,13H,10,12H2,1-2H3. The summed E-state index contributed by atoms with van der Waals surface area (Å²) < 4.78 is 83.4. The monoisotopic (exact) mass is 497 g/mol. The van der Waals surface area contributed by atoms with Gasteiger partial charge in [-0.2, -0.15) is 18.3 Å². The quantitative estimate of drug-likeness (QED) is 0.500. The molecule has 1 atom stereocenters. The van der Waals surface area contributed by atoms with E-state index in [2.05, 4.69) is 5.10 Å². The second-order valence-electron chi connectivity index (χ2n) is 7.89. The number of aromatic nitrogens is 2. The lowest BCUT2D eigenvalue weighted by Gasteiger charge is -2.22. The van der Waals surface area contributed by atoms with Crippen LogP contribution < -0.4 is 4.74 Å². The third-order valence-electron chi connectivity index (χ3n) is 5.34. The van der Waals surface area contributed by atoms with E-state index in [1.807, 2.05) is 0 Å². The van der Waals surface area contributed by atoms with E-state index in [1.54, 1.807) is 24.4 Å². The number of carbonyl (C=O) groups excluding carboxylic acids is 1. The molecule has 0 saturated heterocycles. The Morgan fingerprint density at radius 1 is 1.15 bits per heavy atom. The van der Waals surface area contributed by atoms with Gasteiger partial charge in [0.1, 0.15) is 17.3 Å². The number of carbonyl (C=O) groups is 1. The van der Waals surface area contributed by atoms with E-state index in [4.69, 9.17) is 4.74 Å². The summed E-state index contributed by atoms with van der Waals surface area (Å²) in [7, 11) is -3.74. The predicted octanol–water partition coefficient (Wildman–Crippen LogP) is 3.90. The highest BCUT2D eigenvalue weighted by atomic mass is 32.2. The van der Waals surface area contributed by atoms with Gasteiger partial charge in [-0.1, -0.05) is 12.1 Å². The van der Waals surface area contributed by atoms with Crippen molar-refractivity contribution in [2.75, 3.05) is 6.26 Å². The predicted molar refractivity (Wildman–Crippen MR) is 113 cm³/mol. The van der Waals surface area contributed by atoms with Gasteiger partial charge in [0.15, 0.2) is 15.9 Å². The number of para-hydroxylation sites is 1. The van der Waals surface area contributed by atoms with E-state index in [0.717, 1.165) is 31.4 Å². The fourth-order valence-electron chi connectivity index (χ4n) is 3.49. The lowest BCUT2D eigenvalue weighted by atomic mass is 10.1. The lowest BCUT2D eigenvalue weighted by Crippen LogP contribution is -2.33. The van der Waals surface area contributed by atoms with Crippen LogP contribution in [0.1, 0.15) is 28.5 Å². The Bertz CT molecular complexity index is 1350. The van der Waals surface area contributed by atoms with Crippen LogP contribution in [0.5, 0.6) is 5.75 Å². The van der Waals surface area contributed by atoms with Crippen molar-refractivity contribution in [1.29, 1.82) is 0 Å². The van der Waals surface area contributed by atoms with Crippen LogP contribution in [0.25, 0.3) is 5.69 Å². The molecule has 4 rings (SSSR count). The van der Waals surface area contributed by atoms with Crippen molar-refractivity contribution < 1.29 is 35.5 Å². The van der Waals surface area contributed by atoms with Crippen molar-refractivity contribution in [3.05, 3.63) is 71.3 Å². The molecule has 180 valence electrons. The first-order valence-corrected chi connectivity index (χ1v) is 11.9. The third kappa shape index (κ3) is 4.63. The smallest absolute Gasteiger partial charge is 0.425 e. The normalized spacial score (nSPS) is 14.7. The maximum absolute atomic E-state index is 14.1. The second-order valence-corrected chi connectivity index (χ2v) is 9.91. The first-order valence-electron chi connectivity index (χ1n) is 10.0. The molecular formula is C22H19F4N3O4S. The summed E-state index contributed by atoms with van der Waals surface area (Å²) in [6.45, 7) is 0.850. The molecule has 3 aromatic rings. The maximum Gasteiger partial charge on any atom is 0.425 e. The number of nitrogens with zero attached hydrogens (tertiary/aromatic N) is 3.